The molecule has 0 saturated carbocycles. The molecule has 0 amide bonds. The van der Waals surface area contributed by atoms with Crippen molar-refractivity contribution in [1.29, 1.82) is 0 Å². The molecule has 0 atom stereocenters. The molecule has 0 spiro atoms. The summed E-state index contributed by atoms with van der Waals surface area (Å²) < 4.78 is 9.39. The van der Waals surface area contributed by atoms with Crippen LogP contribution in [-0.4, -0.2) is 10.1 Å². The largest absolute Gasteiger partial charge is 0.438 e. The molecular formula is C4H2N2O2. The van der Waals surface area contributed by atoms with Gasteiger partial charge in [0, 0.05) is 0 Å². The standard InChI is InChI=1S/C4H2N2O2/c1-3-4(8-6-1)5-2-7-3/h1-2H. The summed E-state index contributed by atoms with van der Waals surface area (Å²) in [7, 11) is 0. The fourth-order valence-electron chi connectivity index (χ4n) is 0.523. The van der Waals surface area contributed by atoms with Crippen molar-refractivity contribution < 1.29 is 8.94 Å². The van der Waals surface area contributed by atoms with Gasteiger partial charge in [0.05, 0.1) is 0 Å². The molecule has 0 aliphatic carbocycles. The molecule has 2 heterocycles. The predicted octanol–water partition coefficient (Wildman–Crippen LogP) is 0.816. The molecule has 2 aromatic heterocycles. The van der Waals surface area contributed by atoms with Gasteiger partial charge in [-0.1, -0.05) is 5.16 Å². The topological polar surface area (TPSA) is 52.1 Å². The maximum Gasteiger partial charge on any atom is 0.296 e. The third-order valence-corrected chi connectivity index (χ3v) is 0.870. The fourth-order valence-corrected chi connectivity index (χ4v) is 0.523. The monoisotopic (exact) mass is 110 g/mol. The van der Waals surface area contributed by atoms with Gasteiger partial charge in [0.2, 0.25) is 5.58 Å². The van der Waals surface area contributed by atoms with E-state index < -0.39 is 0 Å². The normalized spacial score (nSPS) is 10.5. The molecule has 2 rings (SSSR count). The van der Waals surface area contributed by atoms with Crippen LogP contribution in [0.5, 0.6) is 0 Å². The van der Waals surface area contributed by atoms with Crippen molar-refractivity contribution in [1.82, 2.24) is 10.1 Å². The molecule has 0 N–H and O–H groups in total. The van der Waals surface area contributed by atoms with E-state index in [2.05, 4.69) is 14.7 Å². The van der Waals surface area contributed by atoms with E-state index in [4.69, 9.17) is 4.42 Å². The van der Waals surface area contributed by atoms with E-state index in [9.17, 15) is 0 Å². The molecule has 40 valence electrons. The van der Waals surface area contributed by atoms with Crippen molar-refractivity contribution in [3.8, 4) is 0 Å². The highest BCUT2D eigenvalue weighted by Gasteiger charge is 1.98. The first-order chi connectivity index (χ1) is 3.97. The Morgan fingerprint density at radius 3 is 3.38 bits per heavy atom. The summed E-state index contributed by atoms with van der Waals surface area (Å²) in [5.41, 5.74) is 1.04. The van der Waals surface area contributed by atoms with Crippen LogP contribution in [0.3, 0.4) is 0 Å². The second-order valence-corrected chi connectivity index (χ2v) is 1.35. The first-order valence-electron chi connectivity index (χ1n) is 2.11. The number of hydrogen-bond acceptors (Lipinski definition) is 4. The summed E-state index contributed by atoms with van der Waals surface area (Å²) in [5.74, 6) is 0. The average molecular weight is 110 g/mol. The maximum absolute atomic E-state index is 4.79. The minimum absolute atomic E-state index is 0.449. The van der Waals surface area contributed by atoms with Crippen LogP contribution in [0.15, 0.2) is 21.5 Å². The molecule has 4 heteroatoms. The molecule has 0 aliphatic heterocycles. The third-order valence-electron chi connectivity index (χ3n) is 0.870. The van der Waals surface area contributed by atoms with E-state index in [0.717, 1.165) is 0 Å². The minimum atomic E-state index is 0.449. The Kier molecular flexibility index (Phi) is 0.498. The molecule has 4 nitrogen and oxygen atoms in total. The second kappa shape index (κ2) is 1.09. The molecule has 2 aromatic rings. The van der Waals surface area contributed by atoms with Gasteiger partial charge < -0.3 is 8.94 Å². The molecule has 0 saturated heterocycles. The molecule has 0 bridgehead atoms. The average Bonchev–Trinajstić information content (AvgIpc) is 2.15. The Morgan fingerprint density at radius 2 is 2.50 bits per heavy atom. The molecule has 0 radical (unpaired) electrons. The Balaban J connectivity index is 3.06. The van der Waals surface area contributed by atoms with Crippen LogP contribution in [0.2, 0.25) is 0 Å². The molecule has 0 aromatic carbocycles. The lowest BCUT2D eigenvalue weighted by Crippen LogP contribution is -1.52. The summed E-state index contributed by atoms with van der Waals surface area (Å²) in [6.07, 6.45) is 2.79. The van der Waals surface area contributed by atoms with Crippen molar-refractivity contribution in [3.63, 3.8) is 0 Å². The van der Waals surface area contributed by atoms with E-state index in [1.54, 1.807) is 0 Å². The Bertz CT molecular complexity index is 233. The molecule has 0 aliphatic rings. The summed E-state index contributed by atoms with van der Waals surface area (Å²) in [6, 6.07) is 0. The lowest BCUT2D eigenvalue weighted by molar-refractivity contribution is 0.448. The van der Waals surface area contributed by atoms with Gasteiger partial charge in [0.1, 0.15) is 6.20 Å². The number of hydrogen-bond donors (Lipinski definition) is 0. The van der Waals surface area contributed by atoms with Crippen molar-refractivity contribution in [2.75, 3.05) is 0 Å². The lowest BCUT2D eigenvalue weighted by Gasteiger charge is -1.58. The number of fused-ring (bicyclic) bond motifs is 1. The smallest absolute Gasteiger partial charge is 0.296 e. The van der Waals surface area contributed by atoms with E-state index >= 15 is 0 Å². The summed E-state index contributed by atoms with van der Waals surface area (Å²) in [5, 5.41) is 3.43. The van der Waals surface area contributed by atoms with Crippen LogP contribution < -0.4 is 0 Å². The fraction of sp³-hybridized carbons (Fsp3) is 0. The van der Waals surface area contributed by atoms with E-state index in [-0.39, 0.29) is 0 Å². The van der Waals surface area contributed by atoms with Gasteiger partial charge in [-0.25, -0.2) is 0 Å². The summed E-state index contributed by atoms with van der Waals surface area (Å²) >= 11 is 0. The van der Waals surface area contributed by atoms with Gasteiger partial charge in [-0.05, 0) is 0 Å². The Labute approximate surface area is 44.1 Å². The van der Waals surface area contributed by atoms with Crippen molar-refractivity contribution in [2.45, 2.75) is 0 Å². The molecule has 8 heavy (non-hydrogen) atoms. The highest BCUT2D eigenvalue weighted by atomic mass is 16.5. The first-order valence-corrected chi connectivity index (χ1v) is 2.11. The zero-order valence-corrected chi connectivity index (χ0v) is 3.87. The predicted molar refractivity (Wildman–Crippen MR) is 24.1 cm³/mol. The van der Waals surface area contributed by atoms with E-state index in [0.29, 0.717) is 11.3 Å². The zero-order valence-electron chi connectivity index (χ0n) is 3.87. The molecule has 0 fully saturated rings. The van der Waals surface area contributed by atoms with Gasteiger partial charge >= 0.3 is 0 Å². The van der Waals surface area contributed by atoms with Crippen molar-refractivity contribution in [2.24, 2.45) is 0 Å². The highest BCUT2D eigenvalue weighted by molar-refractivity contribution is 5.62. The van der Waals surface area contributed by atoms with Crippen LogP contribution >= 0.6 is 0 Å². The number of rotatable bonds is 0. The lowest BCUT2D eigenvalue weighted by atomic mass is 10.7. The van der Waals surface area contributed by atoms with Gasteiger partial charge in [0.25, 0.3) is 5.71 Å². The first kappa shape index (κ1) is 3.65. The molecule has 0 unspecified atom stereocenters. The highest BCUT2D eigenvalue weighted by Crippen LogP contribution is 2.07. The Morgan fingerprint density at radius 1 is 1.50 bits per heavy atom. The quantitative estimate of drug-likeness (QED) is 0.503. The van der Waals surface area contributed by atoms with Crippen LogP contribution in [0.1, 0.15) is 0 Å². The van der Waals surface area contributed by atoms with Gasteiger partial charge in [-0.3, -0.25) is 0 Å². The maximum atomic E-state index is 4.79. The number of aromatic nitrogens is 2. The summed E-state index contributed by atoms with van der Waals surface area (Å²) in [6.45, 7) is 0. The van der Waals surface area contributed by atoms with Gasteiger partial charge in [-0.2, -0.15) is 4.98 Å². The van der Waals surface area contributed by atoms with Crippen LogP contribution in [0.4, 0.5) is 0 Å². The Hall–Kier alpha value is -1.32. The van der Waals surface area contributed by atoms with Crippen LogP contribution in [0, 0.1) is 0 Å². The van der Waals surface area contributed by atoms with E-state index in [1.807, 2.05) is 0 Å². The number of oxazole rings is 1. The SMILES string of the molecule is c1nc2oncc2o1. The van der Waals surface area contributed by atoms with Gasteiger partial charge in [0.15, 0.2) is 6.39 Å². The van der Waals surface area contributed by atoms with Crippen LogP contribution in [-0.2, 0) is 0 Å². The molecular weight excluding hydrogens is 108 g/mol. The minimum Gasteiger partial charge on any atom is -0.438 e. The third kappa shape index (κ3) is 0.294. The van der Waals surface area contributed by atoms with Crippen LogP contribution in [0.25, 0.3) is 11.3 Å². The van der Waals surface area contributed by atoms with E-state index in [1.165, 1.54) is 12.6 Å². The summed E-state index contributed by atoms with van der Waals surface area (Å²) in [4.78, 5) is 3.68. The zero-order chi connectivity index (χ0) is 5.40. The van der Waals surface area contributed by atoms with Gasteiger partial charge in [-0.15, -0.1) is 0 Å². The second-order valence-electron chi connectivity index (χ2n) is 1.35. The van der Waals surface area contributed by atoms with Crippen molar-refractivity contribution >= 4 is 11.3 Å². The van der Waals surface area contributed by atoms with Crippen molar-refractivity contribution in [3.05, 3.63) is 12.6 Å². The number of nitrogens with zero attached hydrogens (tertiary/aromatic N) is 2.